The minimum absolute atomic E-state index is 0.121. The van der Waals surface area contributed by atoms with Crippen LogP contribution in [0.15, 0.2) is 12.3 Å². The van der Waals surface area contributed by atoms with Crippen LogP contribution >= 0.6 is 11.6 Å². The minimum Gasteiger partial charge on any atom is -0.368 e. The van der Waals surface area contributed by atoms with Crippen LogP contribution in [0.4, 0.5) is 5.82 Å². The van der Waals surface area contributed by atoms with Gasteiger partial charge in [-0.25, -0.2) is 9.97 Å². The number of aryl methyl sites for hydroxylation is 1. The molecule has 0 aliphatic rings. The van der Waals surface area contributed by atoms with Crippen molar-refractivity contribution in [1.82, 2.24) is 9.97 Å². The van der Waals surface area contributed by atoms with E-state index in [1.54, 1.807) is 6.20 Å². The van der Waals surface area contributed by atoms with Gasteiger partial charge in [0.05, 0.1) is 5.38 Å². The van der Waals surface area contributed by atoms with Crippen LogP contribution in [0.25, 0.3) is 0 Å². The largest absolute Gasteiger partial charge is 0.368 e. The fourth-order valence-corrected chi connectivity index (χ4v) is 2.05. The quantitative estimate of drug-likeness (QED) is 0.823. The lowest BCUT2D eigenvalue weighted by Crippen LogP contribution is -2.21. The summed E-state index contributed by atoms with van der Waals surface area (Å²) in [5, 5.41) is 3.35. The van der Waals surface area contributed by atoms with Crippen molar-refractivity contribution in [2.24, 2.45) is 5.41 Å². The van der Waals surface area contributed by atoms with E-state index in [9.17, 15) is 0 Å². The second kappa shape index (κ2) is 5.48. The third kappa shape index (κ3) is 5.31. The molecule has 1 aromatic rings. The average molecular weight is 242 g/mol. The first-order chi connectivity index (χ1) is 7.37. The molecule has 1 atom stereocenters. The Morgan fingerprint density at radius 2 is 2.12 bits per heavy atom. The maximum Gasteiger partial charge on any atom is 0.129 e. The Hall–Kier alpha value is -0.830. The Bertz CT molecular complexity index is 333. The highest BCUT2D eigenvalue weighted by molar-refractivity contribution is 6.20. The van der Waals surface area contributed by atoms with E-state index in [0.717, 1.165) is 24.6 Å². The van der Waals surface area contributed by atoms with Gasteiger partial charge in [0.1, 0.15) is 11.6 Å². The van der Waals surface area contributed by atoms with E-state index in [1.807, 2.05) is 13.0 Å². The lowest BCUT2D eigenvalue weighted by molar-refractivity contribution is 0.373. The zero-order chi connectivity index (χ0) is 12.2. The summed E-state index contributed by atoms with van der Waals surface area (Å²) >= 11 is 6.25. The molecule has 0 fully saturated rings. The zero-order valence-corrected chi connectivity index (χ0v) is 11.2. The van der Waals surface area contributed by atoms with E-state index < -0.39 is 0 Å². The van der Waals surface area contributed by atoms with E-state index in [-0.39, 0.29) is 10.8 Å². The van der Waals surface area contributed by atoms with Gasteiger partial charge in [-0.3, -0.25) is 0 Å². The molecule has 0 aliphatic carbocycles. The molecular formula is C12H20ClN3. The first-order valence-corrected chi connectivity index (χ1v) is 5.98. The van der Waals surface area contributed by atoms with E-state index in [1.165, 1.54) is 0 Å². The number of rotatable bonds is 4. The summed E-state index contributed by atoms with van der Waals surface area (Å²) in [6, 6.07) is 1.85. The van der Waals surface area contributed by atoms with E-state index in [2.05, 4.69) is 36.1 Å². The molecule has 16 heavy (non-hydrogen) atoms. The van der Waals surface area contributed by atoms with Crippen molar-refractivity contribution in [3.8, 4) is 0 Å². The molecule has 0 bridgehead atoms. The number of hydrogen-bond donors (Lipinski definition) is 1. The second-order valence-corrected chi connectivity index (χ2v) is 5.85. The third-order valence-electron chi connectivity index (χ3n) is 2.11. The molecule has 0 saturated heterocycles. The fourth-order valence-electron chi connectivity index (χ4n) is 1.51. The van der Waals surface area contributed by atoms with Crippen LogP contribution in [0.1, 0.15) is 33.0 Å². The van der Waals surface area contributed by atoms with Crippen molar-refractivity contribution in [3.05, 3.63) is 18.1 Å². The highest BCUT2D eigenvalue weighted by Crippen LogP contribution is 2.23. The van der Waals surface area contributed by atoms with Gasteiger partial charge in [-0.2, -0.15) is 0 Å². The number of alkyl halides is 1. The molecule has 1 aromatic heterocycles. The standard InChI is InChI=1S/C12H20ClN3/c1-9-14-6-5-11(16-9)15-8-10(13)7-12(2,3)4/h5-6,10H,7-8H2,1-4H3,(H,14,15,16). The summed E-state index contributed by atoms with van der Waals surface area (Å²) in [4.78, 5) is 8.30. The Balaban J connectivity index is 2.40. The number of halogens is 1. The van der Waals surface area contributed by atoms with Crippen molar-refractivity contribution in [1.29, 1.82) is 0 Å². The van der Waals surface area contributed by atoms with Crippen LogP contribution in [-0.4, -0.2) is 21.9 Å². The first kappa shape index (κ1) is 13.2. The lowest BCUT2D eigenvalue weighted by atomic mass is 9.90. The predicted octanol–water partition coefficient (Wildman–Crippen LogP) is 3.24. The molecule has 1 N–H and O–H groups in total. The Morgan fingerprint density at radius 1 is 1.44 bits per heavy atom. The van der Waals surface area contributed by atoms with Gasteiger partial charge in [0.2, 0.25) is 0 Å². The summed E-state index contributed by atoms with van der Waals surface area (Å²) in [6.07, 6.45) is 2.73. The number of hydrogen-bond acceptors (Lipinski definition) is 3. The Labute approximate surface area is 103 Å². The Kier molecular flexibility index (Phi) is 4.54. The maximum atomic E-state index is 6.25. The normalized spacial score (nSPS) is 13.6. The summed E-state index contributed by atoms with van der Waals surface area (Å²) in [5.74, 6) is 1.61. The molecule has 90 valence electrons. The topological polar surface area (TPSA) is 37.8 Å². The van der Waals surface area contributed by atoms with Gasteiger partial charge in [0, 0.05) is 12.7 Å². The number of nitrogens with one attached hydrogen (secondary N) is 1. The molecule has 0 saturated carbocycles. The summed E-state index contributed by atoms with van der Waals surface area (Å²) in [6.45, 7) is 9.18. The summed E-state index contributed by atoms with van der Waals surface area (Å²) < 4.78 is 0. The zero-order valence-electron chi connectivity index (χ0n) is 10.4. The molecular weight excluding hydrogens is 222 g/mol. The molecule has 0 aliphatic heterocycles. The predicted molar refractivity (Wildman–Crippen MR) is 69.0 cm³/mol. The smallest absolute Gasteiger partial charge is 0.129 e. The molecule has 1 rings (SSSR count). The van der Waals surface area contributed by atoms with Crippen molar-refractivity contribution >= 4 is 17.4 Å². The van der Waals surface area contributed by atoms with Gasteiger partial charge >= 0.3 is 0 Å². The third-order valence-corrected chi connectivity index (χ3v) is 2.42. The highest BCUT2D eigenvalue weighted by atomic mass is 35.5. The van der Waals surface area contributed by atoms with Crippen LogP contribution in [0.2, 0.25) is 0 Å². The molecule has 0 radical (unpaired) electrons. The molecule has 3 nitrogen and oxygen atoms in total. The fraction of sp³-hybridized carbons (Fsp3) is 0.667. The van der Waals surface area contributed by atoms with Gasteiger partial charge < -0.3 is 5.32 Å². The SMILES string of the molecule is Cc1nccc(NCC(Cl)CC(C)(C)C)n1. The second-order valence-electron chi connectivity index (χ2n) is 5.23. The van der Waals surface area contributed by atoms with Gasteiger partial charge in [-0.05, 0) is 24.8 Å². The van der Waals surface area contributed by atoms with Gasteiger partial charge in [0.15, 0.2) is 0 Å². The van der Waals surface area contributed by atoms with Gasteiger partial charge in [-0.15, -0.1) is 11.6 Å². The van der Waals surface area contributed by atoms with E-state index in [4.69, 9.17) is 11.6 Å². The minimum atomic E-state index is 0.121. The van der Waals surface area contributed by atoms with Crippen molar-refractivity contribution in [3.63, 3.8) is 0 Å². The van der Waals surface area contributed by atoms with Crippen molar-refractivity contribution < 1.29 is 0 Å². The molecule has 1 heterocycles. The highest BCUT2D eigenvalue weighted by Gasteiger charge is 2.16. The van der Waals surface area contributed by atoms with E-state index in [0.29, 0.717) is 0 Å². The van der Waals surface area contributed by atoms with Crippen LogP contribution < -0.4 is 5.32 Å². The molecule has 0 spiro atoms. The van der Waals surface area contributed by atoms with Gasteiger partial charge in [-0.1, -0.05) is 20.8 Å². The van der Waals surface area contributed by atoms with E-state index >= 15 is 0 Å². The van der Waals surface area contributed by atoms with Crippen LogP contribution in [0.5, 0.6) is 0 Å². The van der Waals surface area contributed by atoms with Crippen molar-refractivity contribution in [2.75, 3.05) is 11.9 Å². The summed E-state index contributed by atoms with van der Waals surface area (Å²) in [7, 11) is 0. The van der Waals surface area contributed by atoms with Crippen LogP contribution in [0, 0.1) is 12.3 Å². The molecule has 0 amide bonds. The van der Waals surface area contributed by atoms with Gasteiger partial charge in [0.25, 0.3) is 0 Å². The maximum absolute atomic E-state index is 6.25. The number of anilines is 1. The van der Waals surface area contributed by atoms with Crippen LogP contribution in [0.3, 0.4) is 0 Å². The van der Waals surface area contributed by atoms with Crippen LogP contribution in [-0.2, 0) is 0 Å². The van der Waals surface area contributed by atoms with Crippen molar-refractivity contribution in [2.45, 2.75) is 39.5 Å². The molecule has 4 heteroatoms. The monoisotopic (exact) mass is 241 g/mol. The molecule has 0 aromatic carbocycles. The molecule has 1 unspecified atom stereocenters. The summed E-state index contributed by atoms with van der Waals surface area (Å²) in [5.41, 5.74) is 0.260. The average Bonchev–Trinajstić information content (AvgIpc) is 2.12. The lowest BCUT2D eigenvalue weighted by Gasteiger charge is -2.22. The first-order valence-electron chi connectivity index (χ1n) is 5.54. The number of nitrogens with zero attached hydrogens (tertiary/aromatic N) is 2. The Morgan fingerprint density at radius 3 is 2.69 bits per heavy atom. The number of aromatic nitrogens is 2.